The van der Waals surface area contributed by atoms with E-state index in [2.05, 4.69) is 32.6 Å². The van der Waals surface area contributed by atoms with Gasteiger partial charge in [0.25, 0.3) is 0 Å². The minimum absolute atomic E-state index is 0.280. The Morgan fingerprint density at radius 3 is 2.31 bits per heavy atom. The SMILES string of the molecule is C/C=C/C=C/C(C#CC[C@H]1OC(C)(C)O[C@@]1(C)C(=O)OC)O[Si](CC)(CC)CC. The molecule has 5 nitrogen and oxygen atoms in total. The van der Waals surface area contributed by atoms with Gasteiger partial charge in [-0.1, -0.05) is 50.8 Å². The summed E-state index contributed by atoms with van der Waals surface area (Å²) in [5, 5.41) is 0. The first-order valence-electron chi connectivity index (χ1n) is 10.5. The fourth-order valence-corrected chi connectivity index (χ4v) is 6.26. The molecule has 0 amide bonds. The van der Waals surface area contributed by atoms with Crippen LogP contribution in [-0.4, -0.2) is 45.0 Å². The van der Waals surface area contributed by atoms with E-state index in [4.69, 9.17) is 18.6 Å². The van der Waals surface area contributed by atoms with Crippen molar-refractivity contribution in [3.63, 3.8) is 0 Å². The first-order chi connectivity index (χ1) is 13.6. The fourth-order valence-electron chi connectivity index (χ4n) is 3.58. The maximum absolute atomic E-state index is 12.3. The molecule has 1 fully saturated rings. The van der Waals surface area contributed by atoms with Crippen molar-refractivity contribution in [3.05, 3.63) is 24.3 Å². The number of allylic oxidation sites excluding steroid dienone is 3. The van der Waals surface area contributed by atoms with Crippen LogP contribution in [0.4, 0.5) is 0 Å². The second kappa shape index (κ2) is 11.1. The molecule has 0 aromatic heterocycles. The highest BCUT2D eigenvalue weighted by molar-refractivity contribution is 6.73. The highest BCUT2D eigenvalue weighted by Crippen LogP contribution is 2.38. The Morgan fingerprint density at radius 2 is 1.79 bits per heavy atom. The fraction of sp³-hybridized carbons (Fsp3) is 0.696. The second-order valence-corrected chi connectivity index (χ2v) is 12.6. The Kier molecular flexibility index (Phi) is 9.83. The van der Waals surface area contributed by atoms with Crippen molar-refractivity contribution in [1.82, 2.24) is 0 Å². The Morgan fingerprint density at radius 1 is 1.17 bits per heavy atom. The Balaban J connectivity index is 3.04. The van der Waals surface area contributed by atoms with Crippen molar-refractivity contribution >= 4 is 14.3 Å². The average Bonchev–Trinajstić information content (AvgIpc) is 2.94. The first-order valence-corrected chi connectivity index (χ1v) is 13.1. The first kappa shape index (κ1) is 25.6. The van der Waals surface area contributed by atoms with E-state index in [1.807, 2.05) is 31.2 Å². The molecule has 1 saturated heterocycles. The third-order valence-electron chi connectivity index (χ3n) is 5.52. The van der Waals surface area contributed by atoms with Crippen LogP contribution in [0, 0.1) is 11.8 Å². The van der Waals surface area contributed by atoms with Crippen molar-refractivity contribution in [1.29, 1.82) is 0 Å². The molecular formula is C23H38O5Si. The number of rotatable bonds is 9. The molecule has 0 aromatic rings. The van der Waals surface area contributed by atoms with Crippen LogP contribution in [0.2, 0.25) is 18.1 Å². The average molecular weight is 423 g/mol. The Labute approximate surface area is 178 Å². The molecule has 0 saturated carbocycles. The van der Waals surface area contributed by atoms with Gasteiger partial charge in [-0.2, -0.15) is 0 Å². The zero-order valence-corrected chi connectivity index (χ0v) is 20.3. The molecule has 0 radical (unpaired) electrons. The number of methoxy groups -OCH3 is 1. The van der Waals surface area contributed by atoms with Crippen LogP contribution in [0.15, 0.2) is 24.3 Å². The third kappa shape index (κ3) is 6.82. The van der Waals surface area contributed by atoms with Gasteiger partial charge in [-0.3, -0.25) is 0 Å². The van der Waals surface area contributed by atoms with E-state index in [0.717, 1.165) is 18.1 Å². The lowest BCUT2D eigenvalue weighted by Crippen LogP contribution is -2.45. The minimum Gasteiger partial charge on any atom is -0.467 e. The van der Waals surface area contributed by atoms with E-state index in [1.54, 1.807) is 20.8 Å². The van der Waals surface area contributed by atoms with Crippen molar-refractivity contribution in [3.8, 4) is 11.8 Å². The Bertz CT molecular complexity index is 646. The lowest BCUT2D eigenvalue weighted by atomic mass is 9.97. The predicted molar refractivity (Wildman–Crippen MR) is 119 cm³/mol. The monoisotopic (exact) mass is 422 g/mol. The summed E-state index contributed by atoms with van der Waals surface area (Å²) in [6, 6.07) is 3.18. The van der Waals surface area contributed by atoms with Crippen molar-refractivity contribution in [2.24, 2.45) is 0 Å². The molecule has 164 valence electrons. The number of hydrogen-bond donors (Lipinski definition) is 0. The maximum Gasteiger partial charge on any atom is 0.340 e. The van der Waals surface area contributed by atoms with Gasteiger partial charge in [-0.05, 0) is 51.9 Å². The molecule has 0 N–H and O–H groups in total. The highest BCUT2D eigenvalue weighted by atomic mass is 28.4. The van der Waals surface area contributed by atoms with Crippen molar-refractivity contribution in [2.75, 3.05) is 7.11 Å². The van der Waals surface area contributed by atoms with Crippen LogP contribution < -0.4 is 0 Å². The number of carbonyl (C=O) groups excluding carboxylic acids is 1. The van der Waals surface area contributed by atoms with Crippen molar-refractivity contribution < 1.29 is 23.4 Å². The zero-order chi connectivity index (χ0) is 22.1. The summed E-state index contributed by atoms with van der Waals surface area (Å²) in [4.78, 5) is 12.3. The Hall–Kier alpha value is -1.39. The molecule has 6 heteroatoms. The number of hydrogen-bond acceptors (Lipinski definition) is 5. The number of carbonyl (C=O) groups is 1. The van der Waals surface area contributed by atoms with E-state index in [-0.39, 0.29) is 6.10 Å². The van der Waals surface area contributed by atoms with E-state index >= 15 is 0 Å². The summed E-state index contributed by atoms with van der Waals surface area (Å²) in [6.07, 6.45) is 7.46. The van der Waals surface area contributed by atoms with Gasteiger partial charge in [0.05, 0.1) is 7.11 Å². The molecule has 0 bridgehead atoms. The van der Waals surface area contributed by atoms with Crippen LogP contribution >= 0.6 is 0 Å². The van der Waals surface area contributed by atoms with Gasteiger partial charge in [0.1, 0.15) is 12.2 Å². The molecule has 1 aliphatic rings. The summed E-state index contributed by atoms with van der Waals surface area (Å²) >= 11 is 0. The normalized spacial score (nSPS) is 25.2. The van der Waals surface area contributed by atoms with E-state index < -0.39 is 31.8 Å². The predicted octanol–water partition coefficient (Wildman–Crippen LogP) is 4.99. The zero-order valence-electron chi connectivity index (χ0n) is 19.3. The summed E-state index contributed by atoms with van der Waals surface area (Å²) in [7, 11) is -0.452. The van der Waals surface area contributed by atoms with Gasteiger partial charge in [-0.25, -0.2) is 4.79 Å². The molecule has 1 heterocycles. The van der Waals surface area contributed by atoms with Gasteiger partial charge in [-0.15, -0.1) is 0 Å². The topological polar surface area (TPSA) is 54.0 Å². The smallest absolute Gasteiger partial charge is 0.340 e. The van der Waals surface area contributed by atoms with Gasteiger partial charge in [0.2, 0.25) is 0 Å². The molecule has 3 atom stereocenters. The molecule has 1 aliphatic heterocycles. The quantitative estimate of drug-likeness (QED) is 0.227. The van der Waals surface area contributed by atoms with Crippen LogP contribution in [-0.2, 0) is 23.4 Å². The van der Waals surface area contributed by atoms with Gasteiger partial charge in [0, 0.05) is 6.42 Å². The lowest BCUT2D eigenvalue weighted by Gasteiger charge is -2.30. The van der Waals surface area contributed by atoms with Crippen molar-refractivity contribution in [2.45, 2.75) is 96.6 Å². The van der Waals surface area contributed by atoms with Crippen LogP contribution in [0.25, 0.3) is 0 Å². The van der Waals surface area contributed by atoms with Crippen LogP contribution in [0.3, 0.4) is 0 Å². The molecule has 0 aromatic carbocycles. The number of ether oxygens (including phenoxy) is 3. The van der Waals surface area contributed by atoms with Crippen LogP contribution in [0.1, 0.15) is 54.9 Å². The van der Waals surface area contributed by atoms with E-state index in [1.165, 1.54) is 7.11 Å². The highest BCUT2D eigenvalue weighted by Gasteiger charge is 2.55. The van der Waals surface area contributed by atoms with Gasteiger partial charge >= 0.3 is 5.97 Å². The molecular weight excluding hydrogens is 384 g/mol. The third-order valence-corrected chi connectivity index (χ3v) is 10.1. The summed E-state index contributed by atoms with van der Waals surface area (Å²) in [6.45, 7) is 13.9. The largest absolute Gasteiger partial charge is 0.467 e. The molecule has 0 aliphatic carbocycles. The summed E-state index contributed by atoms with van der Waals surface area (Å²) in [5.74, 6) is 5.10. The second-order valence-electron chi connectivity index (χ2n) is 7.93. The minimum atomic E-state index is -1.81. The van der Waals surface area contributed by atoms with E-state index in [0.29, 0.717) is 6.42 Å². The molecule has 1 rings (SSSR count). The standard InChI is InChI=1S/C23H38O5Si/c1-9-13-14-16-19(27-29(10-2,11-3)12-4)17-15-18-20-23(7,21(24)25-8)28-22(5,6)26-20/h9,13-14,16,19-20H,10-12,18H2,1-8H3/b13-9+,16-14+/t19?,20-,23-/m1/s1. The van der Waals surface area contributed by atoms with E-state index in [9.17, 15) is 4.79 Å². The number of esters is 1. The lowest BCUT2D eigenvalue weighted by molar-refractivity contribution is -0.184. The summed E-state index contributed by atoms with van der Waals surface area (Å²) in [5.41, 5.74) is -1.18. The molecule has 29 heavy (non-hydrogen) atoms. The molecule has 1 unspecified atom stereocenters. The maximum atomic E-state index is 12.3. The van der Waals surface area contributed by atoms with Gasteiger partial charge in [0.15, 0.2) is 19.7 Å². The molecule has 0 spiro atoms. The van der Waals surface area contributed by atoms with Crippen LogP contribution in [0.5, 0.6) is 0 Å². The summed E-state index contributed by atoms with van der Waals surface area (Å²) < 4.78 is 23.3. The van der Waals surface area contributed by atoms with Gasteiger partial charge < -0.3 is 18.6 Å².